The molecule has 0 aromatic rings. The third kappa shape index (κ3) is 4.31. The molecule has 0 spiro atoms. The van der Waals surface area contributed by atoms with Crippen LogP contribution >= 0.6 is 11.8 Å². The molecule has 3 nitrogen and oxygen atoms in total. The zero-order chi connectivity index (χ0) is 10.3. The monoisotopic (exact) mass is 230 g/mol. The van der Waals surface area contributed by atoms with Crippen molar-refractivity contribution in [2.24, 2.45) is 5.92 Å². The van der Waals surface area contributed by atoms with Crippen molar-refractivity contribution in [1.29, 1.82) is 0 Å². The van der Waals surface area contributed by atoms with Gasteiger partial charge in [-0.05, 0) is 25.3 Å². The summed E-state index contributed by atoms with van der Waals surface area (Å²) in [6.45, 7) is 5.40. The van der Waals surface area contributed by atoms with Gasteiger partial charge in [0.2, 0.25) is 0 Å². The van der Waals surface area contributed by atoms with Gasteiger partial charge < -0.3 is 15.4 Å². The molecule has 88 valence electrons. The van der Waals surface area contributed by atoms with E-state index in [4.69, 9.17) is 4.74 Å². The predicted octanol–water partition coefficient (Wildman–Crippen LogP) is 0.708. The molecule has 0 amide bonds. The molecule has 2 rings (SSSR count). The fraction of sp³-hybridized carbons (Fsp3) is 1.00. The van der Waals surface area contributed by atoms with Gasteiger partial charge in [-0.2, -0.15) is 11.8 Å². The van der Waals surface area contributed by atoms with Crippen molar-refractivity contribution in [2.75, 3.05) is 44.4 Å². The van der Waals surface area contributed by atoms with E-state index in [0.717, 1.165) is 38.3 Å². The molecular weight excluding hydrogens is 208 g/mol. The van der Waals surface area contributed by atoms with E-state index in [1.165, 1.54) is 30.9 Å². The van der Waals surface area contributed by atoms with Gasteiger partial charge in [0.1, 0.15) is 0 Å². The normalized spacial score (nSPS) is 32.0. The van der Waals surface area contributed by atoms with Gasteiger partial charge in [0.15, 0.2) is 0 Å². The summed E-state index contributed by atoms with van der Waals surface area (Å²) >= 11 is 2.08. The van der Waals surface area contributed by atoms with Crippen LogP contribution in [0.3, 0.4) is 0 Å². The Kier molecular flexibility index (Phi) is 5.26. The first-order chi connectivity index (χ1) is 7.45. The fourth-order valence-electron chi connectivity index (χ4n) is 2.13. The summed E-state index contributed by atoms with van der Waals surface area (Å²) in [6.07, 6.45) is 2.51. The minimum Gasteiger partial charge on any atom is -0.381 e. The molecule has 2 heterocycles. The van der Waals surface area contributed by atoms with Crippen LogP contribution in [0.25, 0.3) is 0 Å². The molecule has 2 aliphatic rings. The Balaban J connectivity index is 1.47. The van der Waals surface area contributed by atoms with E-state index < -0.39 is 0 Å². The molecule has 0 saturated carbocycles. The van der Waals surface area contributed by atoms with Crippen LogP contribution < -0.4 is 10.6 Å². The van der Waals surface area contributed by atoms with Gasteiger partial charge in [-0.25, -0.2) is 0 Å². The Morgan fingerprint density at radius 1 is 1.47 bits per heavy atom. The maximum atomic E-state index is 5.35. The van der Waals surface area contributed by atoms with Gasteiger partial charge in [-0.15, -0.1) is 0 Å². The molecule has 2 N–H and O–H groups in total. The summed E-state index contributed by atoms with van der Waals surface area (Å²) in [4.78, 5) is 0. The van der Waals surface area contributed by atoms with Gasteiger partial charge >= 0.3 is 0 Å². The van der Waals surface area contributed by atoms with Gasteiger partial charge in [0.25, 0.3) is 0 Å². The second-order valence-corrected chi connectivity index (χ2v) is 5.60. The molecule has 2 unspecified atom stereocenters. The van der Waals surface area contributed by atoms with Crippen LogP contribution in [-0.2, 0) is 4.74 Å². The predicted molar refractivity (Wildman–Crippen MR) is 65.5 cm³/mol. The number of nitrogens with one attached hydrogen (secondary N) is 2. The van der Waals surface area contributed by atoms with E-state index in [9.17, 15) is 0 Å². The number of rotatable bonds is 5. The van der Waals surface area contributed by atoms with E-state index in [1.54, 1.807) is 0 Å². The SMILES string of the molecule is C(CC1CSCCN1)NCC1CCOC1. The van der Waals surface area contributed by atoms with Gasteiger partial charge in [-0.1, -0.05) is 0 Å². The molecule has 0 aromatic carbocycles. The first kappa shape index (κ1) is 11.7. The quantitative estimate of drug-likeness (QED) is 0.682. The average molecular weight is 230 g/mol. The van der Waals surface area contributed by atoms with Gasteiger partial charge in [0, 0.05) is 37.2 Å². The summed E-state index contributed by atoms with van der Waals surface area (Å²) in [5.41, 5.74) is 0. The van der Waals surface area contributed by atoms with Gasteiger partial charge in [-0.3, -0.25) is 0 Å². The van der Waals surface area contributed by atoms with Crippen LogP contribution in [0.1, 0.15) is 12.8 Å². The lowest BCUT2D eigenvalue weighted by atomic mass is 10.1. The first-order valence-electron chi connectivity index (χ1n) is 6.05. The minimum atomic E-state index is 0.732. The Labute approximate surface area is 96.7 Å². The van der Waals surface area contributed by atoms with Crippen molar-refractivity contribution in [3.8, 4) is 0 Å². The average Bonchev–Trinajstić information content (AvgIpc) is 2.79. The molecular formula is C11H22N2OS. The maximum absolute atomic E-state index is 5.35. The highest BCUT2D eigenvalue weighted by atomic mass is 32.2. The standard InChI is InChI=1S/C11H22N2OS/c1(11-9-15-6-4-13-11)3-12-7-10-2-5-14-8-10/h10-13H,1-9H2. The molecule has 2 atom stereocenters. The largest absolute Gasteiger partial charge is 0.381 e. The molecule has 0 aliphatic carbocycles. The Bertz CT molecular complexity index is 168. The van der Waals surface area contributed by atoms with E-state index >= 15 is 0 Å². The fourth-order valence-corrected chi connectivity index (χ4v) is 3.13. The lowest BCUT2D eigenvalue weighted by molar-refractivity contribution is 0.185. The first-order valence-corrected chi connectivity index (χ1v) is 7.20. The second-order valence-electron chi connectivity index (χ2n) is 4.45. The minimum absolute atomic E-state index is 0.732. The molecule has 4 heteroatoms. The van der Waals surface area contributed by atoms with E-state index in [2.05, 4.69) is 22.4 Å². The lowest BCUT2D eigenvalue weighted by Crippen LogP contribution is -2.39. The van der Waals surface area contributed by atoms with E-state index in [1.807, 2.05) is 0 Å². The maximum Gasteiger partial charge on any atom is 0.0507 e. The summed E-state index contributed by atoms with van der Waals surface area (Å²) < 4.78 is 5.35. The third-order valence-corrected chi connectivity index (χ3v) is 4.26. The molecule has 2 fully saturated rings. The van der Waals surface area contributed by atoms with Crippen molar-refractivity contribution >= 4 is 11.8 Å². The van der Waals surface area contributed by atoms with Crippen molar-refractivity contribution in [3.63, 3.8) is 0 Å². The number of hydrogen-bond acceptors (Lipinski definition) is 4. The summed E-state index contributed by atoms with van der Waals surface area (Å²) in [7, 11) is 0. The smallest absolute Gasteiger partial charge is 0.0507 e. The third-order valence-electron chi connectivity index (χ3n) is 3.13. The molecule has 0 radical (unpaired) electrons. The Hall–Kier alpha value is 0.230. The van der Waals surface area contributed by atoms with Crippen LogP contribution in [0.2, 0.25) is 0 Å². The lowest BCUT2D eigenvalue weighted by Gasteiger charge is -2.23. The van der Waals surface area contributed by atoms with Crippen LogP contribution in [-0.4, -0.2) is 50.4 Å². The highest BCUT2D eigenvalue weighted by molar-refractivity contribution is 7.99. The zero-order valence-electron chi connectivity index (χ0n) is 9.34. The van der Waals surface area contributed by atoms with Crippen LogP contribution in [0.5, 0.6) is 0 Å². The van der Waals surface area contributed by atoms with Crippen LogP contribution in [0, 0.1) is 5.92 Å². The number of thioether (sulfide) groups is 1. The van der Waals surface area contributed by atoms with Crippen molar-refractivity contribution < 1.29 is 4.74 Å². The highest BCUT2D eigenvalue weighted by Crippen LogP contribution is 2.11. The van der Waals surface area contributed by atoms with Crippen LogP contribution in [0.15, 0.2) is 0 Å². The zero-order valence-corrected chi connectivity index (χ0v) is 10.2. The second kappa shape index (κ2) is 6.74. The molecule has 2 aliphatic heterocycles. The van der Waals surface area contributed by atoms with Crippen LogP contribution in [0.4, 0.5) is 0 Å². The summed E-state index contributed by atoms with van der Waals surface area (Å²) in [5.74, 6) is 3.33. The topological polar surface area (TPSA) is 33.3 Å². The molecule has 15 heavy (non-hydrogen) atoms. The van der Waals surface area contributed by atoms with Gasteiger partial charge in [0.05, 0.1) is 6.61 Å². The number of hydrogen-bond donors (Lipinski definition) is 2. The summed E-state index contributed by atoms with van der Waals surface area (Å²) in [5, 5.41) is 7.11. The summed E-state index contributed by atoms with van der Waals surface area (Å²) in [6, 6.07) is 0.732. The Morgan fingerprint density at radius 3 is 3.20 bits per heavy atom. The van der Waals surface area contributed by atoms with Crippen molar-refractivity contribution in [2.45, 2.75) is 18.9 Å². The molecule has 0 aromatic heterocycles. The Morgan fingerprint density at radius 2 is 2.47 bits per heavy atom. The van der Waals surface area contributed by atoms with Crippen molar-refractivity contribution in [3.05, 3.63) is 0 Å². The highest BCUT2D eigenvalue weighted by Gasteiger charge is 2.15. The van der Waals surface area contributed by atoms with E-state index in [0.29, 0.717) is 0 Å². The van der Waals surface area contributed by atoms with Crippen molar-refractivity contribution in [1.82, 2.24) is 10.6 Å². The molecule has 0 bridgehead atoms. The van der Waals surface area contributed by atoms with E-state index in [-0.39, 0.29) is 0 Å². The molecule has 2 saturated heterocycles. The number of ether oxygens (including phenoxy) is 1.